The standard InChI is InChI=1S/C13H22N2O3/c1-5-6-15-8-10(7-11(15)9-16)14-12(17)18-13(2,3)4/h1,10-11,16H,6-9H2,2-4H3,(H,14,17)/t10-,11-/m0/s1. The molecule has 0 aromatic rings. The van der Waals surface area contributed by atoms with Gasteiger partial charge in [-0.05, 0) is 27.2 Å². The summed E-state index contributed by atoms with van der Waals surface area (Å²) in [7, 11) is 0. The van der Waals surface area contributed by atoms with Crippen LogP contribution in [0.2, 0.25) is 0 Å². The molecule has 0 radical (unpaired) electrons. The predicted octanol–water partition coefficient (Wildman–Crippen LogP) is 0.579. The summed E-state index contributed by atoms with van der Waals surface area (Å²) in [6, 6.07) is -0.00802. The highest BCUT2D eigenvalue weighted by Gasteiger charge is 2.32. The molecule has 0 aliphatic carbocycles. The highest BCUT2D eigenvalue weighted by atomic mass is 16.6. The van der Waals surface area contributed by atoms with Crippen molar-refractivity contribution in [1.29, 1.82) is 0 Å². The van der Waals surface area contributed by atoms with Gasteiger partial charge in [0.1, 0.15) is 5.60 Å². The first-order chi connectivity index (χ1) is 8.35. The van der Waals surface area contributed by atoms with Gasteiger partial charge in [-0.1, -0.05) is 5.92 Å². The zero-order valence-electron chi connectivity index (χ0n) is 11.3. The molecule has 18 heavy (non-hydrogen) atoms. The average Bonchev–Trinajstić information content (AvgIpc) is 2.57. The first kappa shape index (κ1) is 14.8. The summed E-state index contributed by atoms with van der Waals surface area (Å²) < 4.78 is 5.19. The van der Waals surface area contributed by atoms with Crippen molar-refractivity contribution in [1.82, 2.24) is 10.2 Å². The molecule has 1 fully saturated rings. The molecular formula is C13H22N2O3. The van der Waals surface area contributed by atoms with Crippen molar-refractivity contribution in [2.24, 2.45) is 0 Å². The second kappa shape index (κ2) is 6.07. The quantitative estimate of drug-likeness (QED) is 0.723. The number of nitrogens with one attached hydrogen (secondary N) is 1. The molecule has 0 saturated carbocycles. The smallest absolute Gasteiger partial charge is 0.407 e. The molecule has 1 aliphatic heterocycles. The molecule has 5 nitrogen and oxygen atoms in total. The van der Waals surface area contributed by atoms with Crippen LogP contribution in [-0.4, -0.2) is 53.5 Å². The van der Waals surface area contributed by atoms with Gasteiger partial charge in [-0.15, -0.1) is 6.42 Å². The Morgan fingerprint density at radius 1 is 1.61 bits per heavy atom. The predicted molar refractivity (Wildman–Crippen MR) is 69.1 cm³/mol. The summed E-state index contributed by atoms with van der Waals surface area (Å²) >= 11 is 0. The van der Waals surface area contributed by atoms with E-state index in [9.17, 15) is 9.90 Å². The first-order valence-electron chi connectivity index (χ1n) is 6.13. The minimum Gasteiger partial charge on any atom is -0.444 e. The van der Waals surface area contributed by atoms with Gasteiger partial charge in [0.05, 0.1) is 13.2 Å². The van der Waals surface area contributed by atoms with E-state index in [4.69, 9.17) is 11.2 Å². The summed E-state index contributed by atoms with van der Waals surface area (Å²) in [5, 5.41) is 12.1. The maximum atomic E-state index is 11.6. The Hall–Kier alpha value is -1.25. The number of hydrogen-bond acceptors (Lipinski definition) is 4. The molecule has 1 amide bonds. The maximum Gasteiger partial charge on any atom is 0.407 e. The van der Waals surface area contributed by atoms with Crippen LogP contribution < -0.4 is 5.32 Å². The summed E-state index contributed by atoms with van der Waals surface area (Å²) in [5.74, 6) is 2.56. The van der Waals surface area contributed by atoms with Gasteiger partial charge in [-0.3, -0.25) is 4.90 Å². The number of alkyl carbamates (subject to hydrolysis) is 1. The molecule has 0 aromatic carbocycles. The van der Waals surface area contributed by atoms with Gasteiger partial charge in [-0.2, -0.15) is 0 Å². The lowest BCUT2D eigenvalue weighted by atomic mass is 10.2. The Morgan fingerprint density at radius 3 is 2.78 bits per heavy atom. The zero-order chi connectivity index (χ0) is 13.8. The van der Waals surface area contributed by atoms with Crippen LogP contribution in [-0.2, 0) is 4.74 Å². The van der Waals surface area contributed by atoms with Crippen LogP contribution in [0.4, 0.5) is 4.79 Å². The Bertz CT molecular complexity index is 330. The lowest BCUT2D eigenvalue weighted by Crippen LogP contribution is -2.40. The molecule has 1 aliphatic rings. The SMILES string of the molecule is C#CCN1C[C@@H](NC(=O)OC(C)(C)C)C[C@H]1CO. The van der Waals surface area contributed by atoms with Crippen LogP contribution in [0.1, 0.15) is 27.2 Å². The van der Waals surface area contributed by atoms with E-state index in [-0.39, 0.29) is 18.7 Å². The number of aliphatic hydroxyl groups excluding tert-OH is 1. The van der Waals surface area contributed by atoms with E-state index in [2.05, 4.69) is 11.2 Å². The molecule has 0 unspecified atom stereocenters. The van der Waals surface area contributed by atoms with Gasteiger partial charge in [-0.25, -0.2) is 4.79 Å². The molecular weight excluding hydrogens is 232 g/mol. The monoisotopic (exact) mass is 254 g/mol. The topological polar surface area (TPSA) is 61.8 Å². The average molecular weight is 254 g/mol. The lowest BCUT2D eigenvalue weighted by Gasteiger charge is -2.21. The van der Waals surface area contributed by atoms with Gasteiger partial charge in [0, 0.05) is 18.6 Å². The highest BCUT2D eigenvalue weighted by Crippen LogP contribution is 2.17. The van der Waals surface area contributed by atoms with Crippen molar-refractivity contribution < 1.29 is 14.6 Å². The summed E-state index contributed by atoms with van der Waals surface area (Å²) in [5.41, 5.74) is -0.502. The number of amides is 1. The Kier molecular flexibility index (Phi) is 5.00. The van der Waals surface area contributed by atoms with Gasteiger partial charge < -0.3 is 15.2 Å². The van der Waals surface area contributed by atoms with Crippen LogP contribution in [0, 0.1) is 12.3 Å². The zero-order valence-corrected chi connectivity index (χ0v) is 11.3. The van der Waals surface area contributed by atoms with Crippen molar-refractivity contribution in [3.8, 4) is 12.3 Å². The number of hydrogen-bond donors (Lipinski definition) is 2. The highest BCUT2D eigenvalue weighted by molar-refractivity contribution is 5.68. The van der Waals surface area contributed by atoms with Crippen LogP contribution >= 0.6 is 0 Å². The number of nitrogens with zero attached hydrogens (tertiary/aromatic N) is 1. The molecule has 1 heterocycles. The van der Waals surface area contributed by atoms with Crippen molar-refractivity contribution in [2.45, 2.75) is 44.9 Å². The number of ether oxygens (including phenoxy) is 1. The third-order valence-corrected chi connectivity index (χ3v) is 2.75. The largest absolute Gasteiger partial charge is 0.444 e. The first-order valence-corrected chi connectivity index (χ1v) is 6.13. The molecule has 0 spiro atoms. The van der Waals surface area contributed by atoms with E-state index < -0.39 is 11.7 Å². The summed E-state index contributed by atoms with van der Waals surface area (Å²) in [6.45, 7) is 6.65. The molecule has 0 bridgehead atoms. The van der Waals surface area contributed by atoms with Gasteiger partial charge in [0.2, 0.25) is 0 Å². The minimum atomic E-state index is -0.502. The summed E-state index contributed by atoms with van der Waals surface area (Å²) in [4.78, 5) is 13.6. The van der Waals surface area contributed by atoms with E-state index in [1.807, 2.05) is 25.7 Å². The lowest BCUT2D eigenvalue weighted by molar-refractivity contribution is 0.0506. The Labute approximate surface area is 108 Å². The number of aliphatic hydroxyl groups is 1. The number of carbonyl (C=O) groups is 1. The molecule has 1 saturated heterocycles. The number of rotatable bonds is 3. The fourth-order valence-corrected chi connectivity index (χ4v) is 2.06. The number of carbonyl (C=O) groups excluding carboxylic acids is 1. The fourth-order valence-electron chi connectivity index (χ4n) is 2.06. The van der Waals surface area contributed by atoms with Crippen LogP contribution in [0.3, 0.4) is 0 Å². The second-order valence-electron chi connectivity index (χ2n) is 5.55. The number of terminal acetylenes is 1. The fraction of sp³-hybridized carbons (Fsp3) is 0.769. The Morgan fingerprint density at radius 2 is 2.28 bits per heavy atom. The van der Waals surface area contributed by atoms with Crippen LogP contribution in [0.25, 0.3) is 0 Å². The second-order valence-corrected chi connectivity index (χ2v) is 5.55. The molecule has 2 atom stereocenters. The molecule has 102 valence electrons. The normalized spacial score (nSPS) is 24.6. The number of likely N-dealkylation sites (tertiary alicyclic amines) is 1. The third kappa shape index (κ3) is 4.55. The third-order valence-electron chi connectivity index (χ3n) is 2.75. The van der Waals surface area contributed by atoms with Crippen LogP contribution in [0.15, 0.2) is 0 Å². The van der Waals surface area contributed by atoms with Crippen molar-refractivity contribution in [2.75, 3.05) is 19.7 Å². The molecule has 5 heteroatoms. The molecule has 0 aromatic heterocycles. The van der Waals surface area contributed by atoms with E-state index in [1.165, 1.54) is 0 Å². The molecule has 2 N–H and O–H groups in total. The van der Waals surface area contributed by atoms with Crippen LogP contribution in [0.5, 0.6) is 0 Å². The van der Waals surface area contributed by atoms with E-state index in [1.54, 1.807) is 0 Å². The van der Waals surface area contributed by atoms with Crippen molar-refractivity contribution in [3.05, 3.63) is 0 Å². The van der Waals surface area contributed by atoms with Crippen molar-refractivity contribution in [3.63, 3.8) is 0 Å². The van der Waals surface area contributed by atoms with Gasteiger partial charge in [0.25, 0.3) is 0 Å². The van der Waals surface area contributed by atoms with Gasteiger partial charge >= 0.3 is 6.09 Å². The minimum absolute atomic E-state index is 0.0148. The Balaban J connectivity index is 2.46. The molecule has 1 rings (SSSR count). The van der Waals surface area contributed by atoms with E-state index in [0.29, 0.717) is 19.5 Å². The maximum absolute atomic E-state index is 11.6. The van der Waals surface area contributed by atoms with E-state index in [0.717, 1.165) is 0 Å². The summed E-state index contributed by atoms with van der Waals surface area (Å²) in [6.07, 6.45) is 5.54. The van der Waals surface area contributed by atoms with Crippen molar-refractivity contribution >= 4 is 6.09 Å². The van der Waals surface area contributed by atoms with Gasteiger partial charge in [0.15, 0.2) is 0 Å². The van der Waals surface area contributed by atoms with E-state index >= 15 is 0 Å².